The van der Waals surface area contributed by atoms with Gasteiger partial charge >= 0.3 is 0 Å². The zero-order valence-corrected chi connectivity index (χ0v) is 17.4. The Bertz CT molecular complexity index is 866. The normalized spacial score (nSPS) is 10.7. The molecule has 2 heterocycles. The molecule has 0 unspecified atom stereocenters. The number of anilines is 1. The van der Waals surface area contributed by atoms with Crippen LogP contribution in [0.4, 0.5) is 5.82 Å². The summed E-state index contributed by atoms with van der Waals surface area (Å²) in [6.45, 7) is 5.68. The Labute approximate surface area is 166 Å². The molecule has 1 aromatic carbocycles. The summed E-state index contributed by atoms with van der Waals surface area (Å²) >= 11 is 5.17. The first-order chi connectivity index (χ1) is 12.7. The SMILES string of the molecule is CCOc1csc(-c2cc(NCCc3ccc(Br)cc3CC)ncn2)c1. The molecule has 0 saturated heterocycles. The summed E-state index contributed by atoms with van der Waals surface area (Å²) in [5.74, 6) is 1.74. The Kier molecular flexibility index (Phi) is 6.63. The molecule has 0 amide bonds. The summed E-state index contributed by atoms with van der Waals surface area (Å²) in [5.41, 5.74) is 3.67. The molecule has 136 valence electrons. The number of hydrogen-bond acceptors (Lipinski definition) is 5. The minimum Gasteiger partial charge on any atom is -0.493 e. The number of nitrogens with zero attached hydrogens (tertiary/aromatic N) is 2. The number of thiophene rings is 1. The van der Waals surface area contributed by atoms with Crippen LogP contribution >= 0.6 is 27.3 Å². The van der Waals surface area contributed by atoms with Crippen LogP contribution in [0.2, 0.25) is 0 Å². The molecule has 3 aromatic rings. The van der Waals surface area contributed by atoms with Crippen molar-refractivity contribution in [1.29, 1.82) is 0 Å². The third-order valence-electron chi connectivity index (χ3n) is 4.06. The Morgan fingerprint density at radius 1 is 1.12 bits per heavy atom. The molecule has 26 heavy (non-hydrogen) atoms. The van der Waals surface area contributed by atoms with Crippen LogP contribution in [0.5, 0.6) is 5.75 Å². The highest BCUT2D eigenvalue weighted by molar-refractivity contribution is 9.10. The van der Waals surface area contributed by atoms with Gasteiger partial charge in [-0.1, -0.05) is 28.9 Å². The van der Waals surface area contributed by atoms with E-state index >= 15 is 0 Å². The second-order valence-electron chi connectivity index (χ2n) is 5.81. The molecule has 3 rings (SSSR count). The standard InChI is InChI=1S/C20H22BrN3OS/c1-3-14-9-16(21)6-5-15(14)7-8-22-20-11-18(23-13-24-20)19-10-17(12-26-19)25-4-2/h5-6,9-13H,3-4,7-8H2,1-2H3,(H,22,23,24). The smallest absolute Gasteiger partial charge is 0.130 e. The first-order valence-corrected chi connectivity index (χ1v) is 10.4. The third-order valence-corrected chi connectivity index (χ3v) is 5.48. The summed E-state index contributed by atoms with van der Waals surface area (Å²) in [6.07, 6.45) is 3.60. The van der Waals surface area contributed by atoms with Gasteiger partial charge < -0.3 is 10.1 Å². The van der Waals surface area contributed by atoms with Gasteiger partial charge in [-0.05, 0) is 43.0 Å². The average Bonchev–Trinajstić information content (AvgIpc) is 3.12. The lowest BCUT2D eigenvalue weighted by molar-refractivity contribution is 0.342. The van der Waals surface area contributed by atoms with E-state index in [4.69, 9.17) is 4.74 Å². The predicted octanol–water partition coefficient (Wildman–Crippen LogP) is 5.58. The summed E-state index contributed by atoms with van der Waals surface area (Å²) in [6, 6.07) is 10.5. The fourth-order valence-electron chi connectivity index (χ4n) is 2.78. The summed E-state index contributed by atoms with van der Waals surface area (Å²) in [7, 11) is 0. The first-order valence-electron chi connectivity index (χ1n) is 8.74. The van der Waals surface area contributed by atoms with Crippen LogP contribution in [0, 0.1) is 0 Å². The van der Waals surface area contributed by atoms with E-state index in [0.29, 0.717) is 6.61 Å². The van der Waals surface area contributed by atoms with Gasteiger partial charge in [0.05, 0.1) is 17.2 Å². The number of aryl methyl sites for hydroxylation is 1. The number of ether oxygens (including phenoxy) is 1. The molecule has 4 nitrogen and oxygen atoms in total. The molecule has 0 fully saturated rings. The largest absolute Gasteiger partial charge is 0.493 e. The van der Waals surface area contributed by atoms with E-state index in [1.807, 2.05) is 24.4 Å². The summed E-state index contributed by atoms with van der Waals surface area (Å²) in [4.78, 5) is 9.81. The molecule has 6 heteroatoms. The van der Waals surface area contributed by atoms with Gasteiger partial charge in [-0.3, -0.25) is 0 Å². The van der Waals surface area contributed by atoms with Gasteiger partial charge in [-0.2, -0.15) is 0 Å². The molecule has 0 aliphatic rings. The van der Waals surface area contributed by atoms with Crippen molar-refractivity contribution in [2.24, 2.45) is 0 Å². The van der Waals surface area contributed by atoms with Crippen LogP contribution in [0.1, 0.15) is 25.0 Å². The second kappa shape index (κ2) is 9.14. The molecule has 0 radical (unpaired) electrons. The summed E-state index contributed by atoms with van der Waals surface area (Å²) in [5, 5.41) is 5.42. The molecular weight excluding hydrogens is 410 g/mol. The number of benzene rings is 1. The fourth-order valence-corrected chi connectivity index (χ4v) is 3.98. The maximum absolute atomic E-state index is 5.53. The summed E-state index contributed by atoms with van der Waals surface area (Å²) < 4.78 is 6.66. The number of hydrogen-bond donors (Lipinski definition) is 1. The zero-order chi connectivity index (χ0) is 18.4. The van der Waals surface area contributed by atoms with E-state index < -0.39 is 0 Å². The van der Waals surface area contributed by atoms with Gasteiger partial charge in [-0.15, -0.1) is 11.3 Å². The van der Waals surface area contributed by atoms with Crippen molar-refractivity contribution in [1.82, 2.24) is 9.97 Å². The van der Waals surface area contributed by atoms with Crippen LogP contribution in [0.25, 0.3) is 10.6 Å². The van der Waals surface area contributed by atoms with Crippen molar-refractivity contribution < 1.29 is 4.74 Å². The highest BCUT2D eigenvalue weighted by Gasteiger charge is 2.07. The van der Waals surface area contributed by atoms with Gasteiger partial charge in [0, 0.05) is 28.5 Å². The minimum atomic E-state index is 0.669. The van der Waals surface area contributed by atoms with Gasteiger partial charge in [0.2, 0.25) is 0 Å². The number of nitrogens with one attached hydrogen (secondary N) is 1. The first kappa shape index (κ1) is 18.9. The van der Waals surface area contributed by atoms with E-state index in [1.54, 1.807) is 17.7 Å². The monoisotopic (exact) mass is 431 g/mol. The highest BCUT2D eigenvalue weighted by Crippen LogP contribution is 2.30. The van der Waals surface area contributed by atoms with Crippen molar-refractivity contribution in [3.8, 4) is 16.3 Å². The van der Waals surface area contributed by atoms with Crippen LogP contribution in [-0.4, -0.2) is 23.1 Å². The van der Waals surface area contributed by atoms with E-state index in [2.05, 4.69) is 56.3 Å². The lowest BCUT2D eigenvalue weighted by Crippen LogP contribution is -2.08. The lowest BCUT2D eigenvalue weighted by Gasteiger charge is -2.10. The maximum Gasteiger partial charge on any atom is 0.130 e. The van der Waals surface area contributed by atoms with E-state index in [-0.39, 0.29) is 0 Å². The molecule has 1 N–H and O–H groups in total. The molecule has 2 aromatic heterocycles. The van der Waals surface area contributed by atoms with Gasteiger partial charge in [0.15, 0.2) is 0 Å². The maximum atomic E-state index is 5.53. The Hall–Kier alpha value is -1.92. The predicted molar refractivity (Wildman–Crippen MR) is 112 cm³/mol. The molecule has 0 aliphatic heterocycles. The van der Waals surface area contributed by atoms with Crippen molar-refractivity contribution in [2.75, 3.05) is 18.5 Å². The molecule has 0 atom stereocenters. The quantitative estimate of drug-likeness (QED) is 0.505. The van der Waals surface area contributed by atoms with Crippen LogP contribution in [0.15, 0.2) is 46.5 Å². The topological polar surface area (TPSA) is 47.0 Å². The van der Waals surface area contributed by atoms with Gasteiger partial charge in [0.1, 0.15) is 17.9 Å². The lowest BCUT2D eigenvalue weighted by atomic mass is 10.0. The van der Waals surface area contributed by atoms with Crippen LogP contribution in [-0.2, 0) is 12.8 Å². The number of aromatic nitrogens is 2. The fraction of sp³-hybridized carbons (Fsp3) is 0.300. The second-order valence-corrected chi connectivity index (χ2v) is 7.64. The van der Waals surface area contributed by atoms with Crippen molar-refractivity contribution in [3.05, 3.63) is 57.6 Å². The van der Waals surface area contributed by atoms with Crippen molar-refractivity contribution >= 4 is 33.1 Å². The van der Waals surface area contributed by atoms with E-state index in [1.165, 1.54) is 11.1 Å². The molecule has 0 spiro atoms. The third kappa shape index (κ3) is 4.83. The Morgan fingerprint density at radius 2 is 2.00 bits per heavy atom. The van der Waals surface area contributed by atoms with Crippen molar-refractivity contribution in [3.63, 3.8) is 0 Å². The van der Waals surface area contributed by atoms with Gasteiger partial charge in [-0.25, -0.2) is 9.97 Å². The minimum absolute atomic E-state index is 0.669. The highest BCUT2D eigenvalue weighted by atomic mass is 79.9. The van der Waals surface area contributed by atoms with Crippen LogP contribution < -0.4 is 10.1 Å². The molecule has 0 aliphatic carbocycles. The average molecular weight is 432 g/mol. The molecule has 0 bridgehead atoms. The number of halogens is 1. The molecular formula is C20H22BrN3OS. The Balaban J connectivity index is 1.64. The van der Waals surface area contributed by atoms with Gasteiger partial charge in [0.25, 0.3) is 0 Å². The molecule has 0 saturated carbocycles. The Morgan fingerprint density at radius 3 is 2.81 bits per heavy atom. The zero-order valence-electron chi connectivity index (χ0n) is 15.0. The van der Waals surface area contributed by atoms with E-state index in [0.717, 1.165) is 46.0 Å². The number of rotatable bonds is 8. The van der Waals surface area contributed by atoms with E-state index in [9.17, 15) is 0 Å². The van der Waals surface area contributed by atoms with Crippen LogP contribution in [0.3, 0.4) is 0 Å². The van der Waals surface area contributed by atoms with Crippen molar-refractivity contribution in [2.45, 2.75) is 26.7 Å².